The molecule has 5 aliphatic rings. The molecular formula is C32H54O6. The summed E-state index contributed by atoms with van der Waals surface area (Å²) in [5.74, 6) is 2.22. The van der Waals surface area contributed by atoms with Crippen molar-refractivity contribution in [2.45, 2.75) is 130 Å². The maximum absolute atomic E-state index is 12.5. The molecule has 6 heteroatoms. The Labute approximate surface area is 229 Å². The highest BCUT2D eigenvalue weighted by Gasteiger charge is 2.73. The Morgan fingerprint density at radius 1 is 0.947 bits per heavy atom. The minimum Gasteiger partial charge on any atom is -0.459 e. The Balaban J connectivity index is 1.52. The van der Waals surface area contributed by atoms with Crippen LogP contribution in [0.1, 0.15) is 100 Å². The summed E-state index contributed by atoms with van der Waals surface area (Å²) < 4.78 is 6.11. The summed E-state index contributed by atoms with van der Waals surface area (Å²) in [6.07, 6.45) is 1.69. The number of fused-ring (bicyclic) bond motifs is 5. The molecule has 218 valence electrons. The molecule has 0 aromatic rings. The van der Waals surface area contributed by atoms with Crippen molar-refractivity contribution in [1.82, 2.24) is 0 Å². The van der Waals surface area contributed by atoms with Crippen LogP contribution in [0.15, 0.2) is 0 Å². The lowest BCUT2D eigenvalue weighted by molar-refractivity contribution is -0.302. The fraction of sp³-hybridized carbons (Fsp3) is 0.969. The van der Waals surface area contributed by atoms with Crippen LogP contribution in [0.25, 0.3) is 0 Å². The number of carbonyl (C=O) groups is 1. The van der Waals surface area contributed by atoms with E-state index in [0.29, 0.717) is 54.3 Å². The van der Waals surface area contributed by atoms with E-state index in [1.165, 1.54) is 13.3 Å². The first-order valence-electron chi connectivity index (χ1n) is 15.5. The minimum atomic E-state index is -1.46. The van der Waals surface area contributed by atoms with Gasteiger partial charge in [0.1, 0.15) is 6.10 Å². The van der Waals surface area contributed by atoms with E-state index in [1.807, 2.05) is 6.92 Å². The third-order valence-electron chi connectivity index (χ3n) is 13.9. The van der Waals surface area contributed by atoms with Crippen LogP contribution >= 0.6 is 0 Å². The number of esters is 1. The lowest BCUT2D eigenvalue weighted by Crippen LogP contribution is -2.73. The second-order valence-electron chi connectivity index (χ2n) is 15.6. The molecule has 0 radical (unpaired) electrons. The molecule has 5 rings (SSSR count). The number of aliphatic hydroxyl groups excluding tert-OH is 3. The van der Waals surface area contributed by atoms with Crippen molar-refractivity contribution in [3.05, 3.63) is 0 Å². The normalized spacial score (nSPS) is 55.4. The molecule has 4 N–H and O–H groups in total. The average Bonchev–Trinajstić information content (AvgIpc) is 3.39. The third kappa shape index (κ3) is 3.75. The predicted molar refractivity (Wildman–Crippen MR) is 146 cm³/mol. The molecule has 6 nitrogen and oxygen atoms in total. The maximum Gasteiger partial charge on any atom is 0.303 e. The van der Waals surface area contributed by atoms with Crippen LogP contribution in [0.4, 0.5) is 0 Å². The Hall–Kier alpha value is -0.690. The van der Waals surface area contributed by atoms with E-state index >= 15 is 0 Å². The Bertz CT molecular complexity index is 937. The SMILES string of the molecule is CC(=O)O[C@@H]1[C@@H](O)[C@H]2[C@@H](C[C@@H](O)[C@@]3(O)C[C@@H](O)CC[C@]23C)[C@@H]2CC[C@H]([C@H](C)[C@H]3C[C@]3(C)[C@H](C)C(C)C)[C@@]12C. The topological polar surface area (TPSA) is 107 Å². The van der Waals surface area contributed by atoms with Gasteiger partial charge in [-0.15, -0.1) is 0 Å². The number of carbonyl (C=O) groups excluding carboxylic acids is 1. The number of rotatable bonds is 5. The van der Waals surface area contributed by atoms with Crippen molar-refractivity contribution >= 4 is 5.97 Å². The fourth-order valence-electron chi connectivity index (χ4n) is 11.3. The first-order chi connectivity index (χ1) is 17.5. The van der Waals surface area contributed by atoms with E-state index in [9.17, 15) is 25.2 Å². The average molecular weight is 535 g/mol. The van der Waals surface area contributed by atoms with E-state index in [-0.39, 0.29) is 30.1 Å². The first-order valence-corrected chi connectivity index (χ1v) is 15.5. The van der Waals surface area contributed by atoms with Crippen LogP contribution in [0, 0.1) is 63.6 Å². The van der Waals surface area contributed by atoms with Crippen molar-refractivity contribution in [2.24, 2.45) is 63.6 Å². The molecule has 38 heavy (non-hydrogen) atoms. The number of ether oxygens (including phenoxy) is 1. The molecule has 0 unspecified atom stereocenters. The van der Waals surface area contributed by atoms with Crippen molar-refractivity contribution < 1.29 is 30.0 Å². The highest BCUT2D eigenvalue weighted by atomic mass is 16.6. The van der Waals surface area contributed by atoms with Crippen LogP contribution in [-0.2, 0) is 9.53 Å². The number of hydrogen-bond acceptors (Lipinski definition) is 6. The molecule has 0 spiro atoms. The minimum absolute atomic E-state index is 0.0368. The highest BCUT2D eigenvalue weighted by Crippen LogP contribution is 2.72. The number of aliphatic hydroxyl groups is 4. The summed E-state index contributed by atoms with van der Waals surface area (Å²) in [5.41, 5.74) is -2.30. The van der Waals surface area contributed by atoms with Crippen molar-refractivity contribution in [3.63, 3.8) is 0 Å². The van der Waals surface area contributed by atoms with Gasteiger partial charge in [-0.25, -0.2) is 0 Å². The lowest BCUT2D eigenvalue weighted by atomic mass is 9.41. The van der Waals surface area contributed by atoms with Crippen molar-refractivity contribution in [1.29, 1.82) is 0 Å². The molecule has 0 saturated heterocycles. The van der Waals surface area contributed by atoms with E-state index in [0.717, 1.165) is 12.8 Å². The first kappa shape index (κ1) is 28.8. The molecule has 0 amide bonds. The third-order valence-corrected chi connectivity index (χ3v) is 13.9. The van der Waals surface area contributed by atoms with Gasteiger partial charge in [0.15, 0.2) is 0 Å². The molecule has 5 saturated carbocycles. The molecule has 5 fully saturated rings. The van der Waals surface area contributed by atoms with Crippen molar-refractivity contribution in [3.8, 4) is 0 Å². The van der Waals surface area contributed by atoms with Crippen LogP contribution in [0.2, 0.25) is 0 Å². The van der Waals surface area contributed by atoms with E-state index in [4.69, 9.17) is 4.74 Å². The van der Waals surface area contributed by atoms with Gasteiger partial charge >= 0.3 is 5.97 Å². The second-order valence-corrected chi connectivity index (χ2v) is 15.6. The smallest absolute Gasteiger partial charge is 0.303 e. The molecule has 5 aliphatic carbocycles. The van der Waals surface area contributed by atoms with Gasteiger partial charge in [-0.2, -0.15) is 0 Å². The van der Waals surface area contributed by atoms with Gasteiger partial charge in [0, 0.05) is 24.2 Å². The Morgan fingerprint density at radius 2 is 1.61 bits per heavy atom. The largest absolute Gasteiger partial charge is 0.459 e. The summed E-state index contributed by atoms with van der Waals surface area (Å²) in [4.78, 5) is 12.5. The van der Waals surface area contributed by atoms with Crippen LogP contribution in [0.3, 0.4) is 0 Å². The molecule has 0 heterocycles. The molecular weight excluding hydrogens is 480 g/mol. The summed E-state index contributed by atoms with van der Waals surface area (Å²) in [6, 6.07) is 0. The zero-order valence-corrected chi connectivity index (χ0v) is 25.0. The monoisotopic (exact) mass is 534 g/mol. The quantitative estimate of drug-likeness (QED) is 0.385. The van der Waals surface area contributed by atoms with E-state index in [2.05, 4.69) is 41.5 Å². The van der Waals surface area contributed by atoms with E-state index in [1.54, 1.807) is 0 Å². The molecule has 0 aromatic carbocycles. The lowest BCUT2D eigenvalue weighted by Gasteiger charge is -2.67. The zero-order valence-electron chi connectivity index (χ0n) is 25.0. The van der Waals surface area contributed by atoms with Gasteiger partial charge in [0.05, 0.1) is 23.9 Å². The van der Waals surface area contributed by atoms with Crippen LogP contribution in [0.5, 0.6) is 0 Å². The summed E-state index contributed by atoms with van der Waals surface area (Å²) in [7, 11) is 0. The summed E-state index contributed by atoms with van der Waals surface area (Å²) in [6.45, 7) is 17.5. The van der Waals surface area contributed by atoms with Gasteiger partial charge in [0.2, 0.25) is 0 Å². The van der Waals surface area contributed by atoms with Gasteiger partial charge in [-0.1, -0.05) is 48.5 Å². The summed E-state index contributed by atoms with van der Waals surface area (Å²) in [5, 5.41) is 45.9. The molecule has 0 bridgehead atoms. The molecule has 15 atom stereocenters. The van der Waals surface area contributed by atoms with Crippen LogP contribution < -0.4 is 0 Å². The van der Waals surface area contributed by atoms with Crippen molar-refractivity contribution in [2.75, 3.05) is 0 Å². The van der Waals surface area contributed by atoms with Gasteiger partial charge in [-0.3, -0.25) is 4.79 Å². The van der Waals surface area contributed by atoms with Gasteiger partial charge in [-0.05, 0) is 91.3 Å². The second kappa shape index (κ2) is 9.16. The van der Waals surface area contributed by atoms with E-state index < -0.39 is 40.8 Å². The molecule has 0 aliphatic heterocycles. The van der Waals surface area contributed by atoms with Gasteiger partial charge in [0.25, 0.3) is 0 Å². The zero-order chi connectivity index (χ0) is 28.2. The number of hydrogen-bond donors (Lipinski definition) is 4. The predicted octanol–water partition coefficient (Wildman–Crippen LogP) is 4.56. The van der Waals surface area contributed by atoms with Gasteiger partial charge < -0.3 is 25.2 Å². The summed E-state index contributed by atoms with van der Waals surface area (Å²) >= 11 is 0. The fourth-order valence-corrected chi connectivity index (χ4v) is 11.3. The maximum atomic E-state index is 12.5. The van der Waals surface area contributed by atoms with Crippen LogP contribution in [-0.4, -0.2) is 56.4 Å². The highest BCUT2D eigenvalue weighted by molar-refractivity contribution is 5.66. The Kier molecular flexibility index (Phi) is 6.95. The molecule has 0 aromatic heterocycles. The Morgan fingerprint density at radius 3 is 2.21 bits per heavy atom. The standard InChI is InChI=1S/C32H54O6/c1-16(2)18(4)29(6)15-24(29)17(3)22-9-10-23-21-13-25(35)32(37)14-20(34)11-12-30(32,7)26(21)27(36)28(31(22,23)8)38-19(5)33/h16-18,20-28,34-37H,9-15H2,1-8H3/t17-,18+,20-,21-,22+,23-,24+,25+,26+,27-,28+,29+,30+,31+,32-/m0/s1.